The number of para-hydroxylation sites is 1. The van der Waals surface area contributed by atoms with Gasteiger partial charge in [0, 0.05) is 16.3 Å². The topological polar surface area (TPSA) is 88.2 Å². The van der Waals surface area contributed by atoms with Gasteiger partial charge in [-0.3, -0.25) is 14.8 Å². The minimum absolute atomic E-state index is 0.0631. The van der Waals surface area contributed by atoms with E-state index in [1.54, 1.807) is 24.3 Å². The predicted molar refractivity (Wildman–Crippen MR) is 121 cm³/mol. The van der Waals surface area contributed by atoms with E-state index in [2.05, 4.69) is 15.0 Å². The van der Waals surface area contributed by atoms with Gasteiger partial charge in [0.05, 0.1) is 14.6 Å². The number of fused-ring (bicyclic) bond motifs is 1. The van der Waals surface area contributed by atoms with Crippen molar-refractivity contribution in [2.75, 3.05) is 10.0 Å². The summed E-state index contributed by atoms with van der Waals surface area (Å²) < 4.78 is 28.4. The van der Waals surface area contributed by atoms with Gasteiger partial charge in [0.1, 0.15) is 5.52 Å². The smallest absolute Gasteiger partial charge is 0.261 e. The van der Waals surface area contributed by atoms with E-state index >= 15 is 0 Å². The zero-order valence-electron chi connectivity index (χ0n) is 15.1. The summed E-state index contributed by atoms with van der Waals surface area (Å²) >= 11 is 13.2. The molecule has 30 heavy (non-hydrogen) atoms. The number of nitrogens with zero attached hydrogens (tertiary/aromatic N) is 1. The maximum atomic E-state index is 12.6. The maximum absolute atomic E-state index is 12.6. The van der Waals surface area contributed by atoms with Crippen molar-refractivity contribution in [1.29, 1.82) is 0 Å². The Morgan fingerprint density at radius 3 is 2.43 bits per heavy atom. The van der Waals surface area contributed by atoms with Crippen molar-refractivity contribution in [2.45, 2.75) is 4.90 Å². The second-order valence-corrected chi connectivity index (χ2v) is 9.76. The van der Waals surface area contributed by atoms with Gasteiger partial charge >= 0.3 is 0 Å². The van der Waals surface area contributed by atoms with Crippen LogP contribution in [0.5, 0.6) is 0 Å². The molecule has 6 nitrogen and oxygen atoms in total. The fraction of sp³-hybridized carbons (Fsp3) is 0. The maximum Gasteiger partial charge on any atom is 0.261 e. The molecule has 0 fully saturated rings. The highest BCUT2D eigenvalue weighted by Crippen LogP contribution is 2.31. The molecule has 4 rings (SSSR count). The van der Waals surface area contributed by atoms with E-state index in [-0.39, 0.29) is 16.1 Å². The van der Waals surface area contributed by atoms with Gasteiger partial charge in [0.25, 0.3) is 15.9 Å². The number of benzene rings is 3. The summed E-state index contributed by atoms with van der Waals surface area (Å²) in [6.45, 7) is 0. The second kappa shape index (κ2) is 8.23. The minimum Gasteiger partial charge on any atom is -0.298 e. The lowest BCUT2D eigenvalue weighted by molar-refractivity contribution is 0.102. The van der Waals surface area contributed by atoms with Gasteiger partial charge in [0.15, 0.2) is 5.13 Å². The molecule has 0 atom stereocenters. The number of anilines is 2. The SMILES string of the molecule is O=C(Nc1nc2c(Cl)cccc2s1)c1cccc(NS(=O)(=O)c2ccc(Cl)cc2)c1. The lowest BCUT2D eigenvalue weighted by Gasteiger charge is -2.09. The number of hydrogen-bond donors (Lipinski definition) is 2. The van der Waals surface area contributed by atoms with E-state index in [9.17, 15) is 13.2 Å². The summed E-state index contributed by atoms with van der Waals surface area (Å²) in [5, 5.41) is 4.06. The van der Waals surface area contributed by atoms with Crippen LogP contribution in [0.2, 0.25) is 10.0 Å². The Morgan fingerprint density at radius 1 is 0.967 bits per heavy atom. The molecule has 3 aromatic carbocycles. The quantitative estimate of drug-likeness (QED) is 0.388. The molecule has 0 radical (unpaired) electrons. The molecule has 10 heteroatoms. The molecule has 1 heterocycles. The van der Waals surface area contributed by atoms with Crippen LogP contribution in [0.15, 0.2) is 71.6 Å². The molecule has 0 bridgehead atoms. The number of rotatable bonds is 5. The van der Waals surface area contributed by atoms with Gasteiger partial charge in [-0.25, -0.2) is 13.4 Å². The lowest BCUT2D eigenvalue weighted by atomic mass is 10.2. The Morgan fingerprint density at radius 2 is 1.70 bits per heavy atom. The number of sulfonamides is 1. The molecule has 0 aliphatic rings. The minimum atomic E-state index is -3.82. The van der Waals surface area contributed by atoms with Gasteiger partial charge < -0.3 is 0 Å². The number of carbonyl (C=O) groups excluding carboxylic acids is 1. The van der Waals surface area contributed by atoms with Crippen LogP contribution in [0.1, 0.15) is 10.4 Å². The van der Waals surface area contributed by atoms with Crippen LogP contribution < -0.4 is 10.0 Å². The van der Waals surface area contributed by atoms with Crippen molar-refractivity contribution in [3.63, 3.8) is 0 Å². The molecule has 0 unspecified atom stereocenters. The number of nitrogens with one attached hydrogen (secondary N) is 2. The Bertz CT molecular complexity index is 1350. The first-order valence-electron chi connectivity index (χ1n) is 8.57. The van der Waals surface area contributed by atoms with E-state index in [1.807, 2.05) is 12.1 Å². The number of amides is 1. The van der Waals surface area contributed by atoms with Crippen LogP contribution in [-0.4, -0.2) is 19.3 Å². The van der Waals surface area contributed by atoms with Crippen LogP contribution in [0.3, 0.4) is 0 Å². The largest absolute Gasteiger partial charge is 0.298 e. The fourth-order valence-corrected chi connectivity index (χ4v) is 5.03. The van der Waals surface area contributed by atoms with Gasteiger partial charge in [-0.2, -0.15) is 0 Å². The van der Waals surface area contributed by atoms with Crippen molar-refractivity contribution >= 4 is 71.5 Å². The summed E-state index contributed by atoms with van der Waals surface area (Å²) in [7, 11) is -3.82. The van der Waals surface area contributed by atoms with Crippen LogP contribution in [-0.2, 0) is 10.0 Å². The molecule has 0 spiro atoms. The molecule has 152 valence electrons. The summed E-state index contributed by atoms with van der Waals surface area (Å²) in [5.74, 6) is -0.419. The zero-order chi connectivity index (χ0) is 21.3. The number of halogens is 2. The first kappa shape index (κ1) is 20.6. The Kier molecular flexibility index (Phi) is 5.66. The van der Waals surface area contributed by atoms with Crippen LogP contribution in [0.25, 0.3) is 10.2 Å². The van der Waals surface area contributed by atoms with Gasteiger partial charge in [0.2, 0.25) is 0 Å². The van der Waals surface area contributed by atoms with E-state index in [0.717, 1.165) is 4.70 Å². The van der Waals surface area contributed by atoms with Crippen molar-refractivity contribution in [3.05, 3.63) is 82.3 Å². The predicted octanol–water partition coefficient (Wildman–Crippen LogP) is 5.66. The Labute approximate surface area is 186 Å². The van der Waals surface area contributed by atoms with Crippen LogP contribution in [0.4, 0.5) is 10.8 Å². The fourth-order valence-electron chi connectivity index (χ4n) is 2.69. The highest BCUT2D eigenvalue weighted by molar-refractivity contribution is 7.92. The summed E-state index contributed by atoms with van der Waals surface area (Å²) in [4.78, 5) is 17.0. The Balaban J connectivity index is 1.54. The average molecular weight is 478 g/mol. The third-order valence-electron chi connectivity index (χ3n) is 4.09. The zero-order valence-corrected chi connectivity index (χ0v) is 18.2. The molecule has 2 N–H and O–H groups in total. The molecule has 1 amide bonds. The van der Waals surface area contributed by atoms with Crippen molar-refractivity contribution in [2.24, 2.45) is 0 Å². The molecular formula is C20H13Cl2N3O3S2. The van der Waals surface area contributed by atoms with Gasteiger partial charge in [-0.05, 0) is 54.6 Å². The number of aromatic nitrogens is 1. The highest BCUT2D eigenvalue weighted by Gasteiger charge is 2.16. The van der Waals surface area contributed by atoms with E-state index < -0.39 is 15.9 Å². The third kappa shape index (κ3) is 4.41. The van der Waals surface area contributed by atoms with Crippen molar-refractivity contribution in [1.82, 2.24) is 4.98 Å². The number of thiazole rings is 1. The number of hydrogen-bond acceptors (Lipinski definition) is 5. The summed E-state index contributed by atoms with van der Waals surface area (Å²) in [5.41, 5.74) is 1.14. The number of carbonyl (C=O) groups is 1. The summed E-state index contributed by atoms with van der Waals surface area (Å²) in [6, 6.07) is 17.4. The van der Waals surface area contributed by atoms with Crippen LogP contribution >= 0.6 is 34.5 Å². The molecule has 4 aromatic rings. The highest BCUT2D eigenvalue weighted by atomic mass is 35.5. The van der Waals surface area contributed by atoms with E-state index in [1.165, 1.54) is 41.7 Å². The molecular weight excluding hydrogens is 465 g/mol. The normalized spacial score (nSPS) is 11.4. The second-order valence-electron chi connectivity index (χ2n) is 6.20. The first-order valence-corrected chi connectivity index (χ1v) is 11.6. The van der Waals surface area contributed by atoms with E-state index in [0.29, 0.717) is 20.7 Å². The molecule has 0 aliphatic heterocycles. The monoisotopic (exact) mass is 477 g/mol. The molecule has 1 aromatic heterocycles. The van der Waals surface area contributed by atoms with E-state index in [4.69, 9.17) is 23.2 Å². The standard InChI is InChI=1S/C20H13Cl2N3O3S2/c21-13-7-9-15(10-8-13)30(27,28)25-14-4-1-3-12(11-14)19(26)24-20-23-18-16(22)5-2-6-17(18)29-20/h1-11,25H,(H,23,24,26). The van der Waals surface area contributed by atoms with Crippen LogP contribution in [0, 0.1) is 0 Å². The van der Waals surface area contributed by atoms with Crippen molar-refractivity contribution in [3.8, 4) is 0 Å². The summed E-state index contributed by atoms with van der Waals surface area (Å²) in [6.07, 6.45) is 0. The van der Waals surface area contributed by atoms with Crippen molar-refractivity contribution < 1.29 is 13.2 Å². The molecule has 0 aliphatic carbocycles. The first-order chi connectivity index (χ1) is 14.3. The Hall–Kier alpha value is -2.65. The van der Waals surface area contributed by atoms with Gasteiger partial charge in [-0.1, -0.05) is 46.7 Å². The molecule has 0 saturated carbocycles. The molecule has 0 saturated heterocycles. The van der Waals surface area contributed by atoms with Gasteiger partial charge in [-0.15, -0.1) is 0 Å². The third-order valence-corrected chi connectivity index (χ3v) is 6.98. The average Bonchev–Trinajstić information content (AvgIpc) is 3.12. The lowest BCUT2D eigenvalue weighted by Crippen LogP contribution is -2.15.